The summed E-state index contributed by atoms with van der Waals surface area (Å²) in [6.45, 7) is 0.377. The average Bonchev–Trinajstić information content (AvgIpc) is 3.01. The van der Waals surface area contributed by atoms with Crippen LogP contribution in [0.4, 0.5) is 0 Å². The van der Waals surface area contributed by atoms with Crippen LogP contribution in [0.5, 0.6) is 0 Å². The van der Waals surface area contributed by atoms with E-state index >= 15 is 0 Å². The molecule has 39 heavy (non-hydrogen) atoms. The highest BCUT2D eigenvalue weighted by Gasteiger charge is 2.44. The van der Waals surface area contributed by atoms with Crippen LogP contribution in [0.15, 0.2) is 121 Å². The monoisotopic (exact) mass is 537 g/mol. The summed E-state index contributed by atoms with van der Waals surface area (Å²) in [6.07, 6.45) is 11.2. The Kier molecular flexibility index (Phi) is 11.8. The zero-order valence-corrected chi connectivity index (χ0v) is 24.0. The molecule has 0 N–H and O–H groups in total. The fourth-order valence-electron chi connectivity index (χ4n) is 5.37. The van der Waals surface area contributed by atoms with Gasteiger partial charge in [-0.05, 0) is 61.2 Å². The smallest absolute Gasteiger partial charge is 0.306 e. The van der Waals surface area contributed by atoms with Crippen molar-refractivity contribution in [1.29, 1.82) is 0 Å². The van der Waals surface area contributed by atoms with E-state index in [4.69, 9.17) is 4.74 Å². The van der Waals surface area contributed by atoms with E-state index in [-0.39, 0.29) is 5.97 Å². The van der Waals surface area contributed by atoms with E-state index < -0.39 is 7.26 Å². The second-order valence-corrected chi connectivity index (χ2v) is 13.9. The molecule has 0 saturated carbocycles. The van der Waals surface area contributed by atoms with Gasteiger partial charge in [0.1, 0.15) is 29.8 Å². The lowest BCUT2D eigenvalue weighted by molar-refractivity contribution is -0.145. The molecule has 0 saturated heterocycles. The molecule has 2 nitrogen and oxygen atoms in total. The van der Waals surface area contributed by atoms with Crippen LogP contribution < -0.4 is 15.9 Å². The second-order valence-electron chi connectivity index (χ2n) is 10.3. The molecule has 202 valence electrons. The molecule has 0 aliphatic rings. The molecule has 0 amide bonds. The third kappa shape index (κ3) is 8.64. The summed E-state index contributed by atoms with van der Waals surface area (Å²) < 4.78 is 5.39. The third-order valence-corrected chi connectivity index (χ3v) is 12.0. The van der Waals surface area contributed by atoms with E-state index in [0.717, 1.165) is 18.4 Å². The topological polar surface area (TPSA) is 26.3 Å². The van der Waals surface area contributed by atoms with E-state index in [1.807, 2.05) is 30.3 Å². The molecule has 0 heterocycles. The van der Waals surface area contributed by atoms with Crippen molar-refractivity contribution in [1.82, 2.24) is 0 Å². The average molecular weight is 538 g/mol. The molecule has 0 unspecified atom stereocenters. The number of hydrogen-bond acceptors (Lipinski definition) is 2. The van der Waals surface area contributed by atoms with Crippen molar-refractivity contribution in [2.45, 2.75) is 64.4 Å². The third-order valence-electron chi connectivity index (χ3n) is 7.46. The molecule has 0 aromatic heterocycles. The molecule has 0 spiro atoms. The number of rotatable bonds is 16. The number of hydrogen-bond donors (Lipinski definition) is 0. The highest BCUT2D eigenvalue weighted by atomic mass is 31.2. The Morgan fingerprint density at radius 3 is 1.33 bits per heavy atom. The van der Waals surface area contributed by atoms with Crippen molar-refractivity contribution in [2.24, 2.45) is 0 Å². The molecule has 0 atom stereocenters. The van der Waals surface area contributed by atoms with Crippen LogP contribution in [-0.4, -0.2) is 12.1 Å². The first-order chi connectivity index (χ1) is 19.3. The van der Waals surface area contributed by atoms with Gasteiger partial charge in [-0.15, -0.1) is 0 Å². The summed E-state index contributed by atoms with van der Waals surface area (Å²) in [7, 11) is -1.70. The summed E-state index contributed by atoms with van der Waals surface area (Å²) in [5, 5.41) is 4.43. The molecule has 0 radical (unpaired) electrons. The SMILES string of the molecule is O=C(CCCCCCCCCC[P+](c1ccccc1)(c1ccccc1)c1ccccc1)OCc1ccccc1. The van der Waals surface area contributed by atoms with E-state index in [0.29, 0.717) is 13.0 Å². The first kappa shape index (κ1) is 28.8. The van der Waals surface area contributed by atoms with Crippen LogP contribution in [0.25, 0.3) is 0 Å². The summed E-state index contributed by atoms with van der Waals surface area (Å²) in [5.41, 5.74) is 1.04. The quantitative estimate of drug-likeness (QED) is 0.0817. The largest absolute Gasteiger partial charge is 0.461 e. The molecule has 0 aliphatic carbocycles. The predicted molar refractivity (Wildman–Crippen MR) is 168 cm³/mol. The summed E-state index contributed by atoms with van der Waals surface area (Å²) >= 11 is 0. The Morgan fingerprint density at radius 1 is 0.487 bits per heavy atom. The van der Waals surface area contributed by atoms with Gasteiger partial charge in [0.25, 0.3) is 0 Å². The number of benzene rings is 4. The number of unbranched alkanes of at least 4 members (excludes halogenated alkanes) is 7. The molecule has 0 fully saturated rings. The van der Waals surface area contributed by atoms with Crippen LogP contribution in [0.1, 0.15) is 63.4 Å². The summed E-state index contributed by atoms with van der Waals surface area (Å²) in [6, 6.07) is 43.5. The number of carbonyl (C=O) groups is 1. The Bertz CT molecular complexity index is 1110. The van der Waals surface area contributed by atoms with Crippen LogP contribution in [-0.2, 0) is 16.1 Å². The molecular formula is C36H42O2P+. The molecule has 0 bridgehead atoms. The Morgan fingerprint density at radius 2 is 0.872 bits per heavy atom. The predicted octanol–water partition coefficient (Wildman–Crippen LogP) is 8.23. The zero-order valence-electron chi connectivity index (χ0n) is 23.1. The molecule has 4 rings (SSSR count). The van der Waals surface area contributed by atoms with Crippen LogP contribution in [0.3, 0.4) is 0 Å². The molecule has 0 aliphatic heterocycles. The normalized spacial score (nSPS) is 11.3. The Balaban J connectivity index is 1.20. The van der Waals surface area contributed by atoms with Crippen LogP contribution in [0, 0.1) is 0 Å². The fraction of sp³-hybridized carbons (Fsp3) is 0.306. The minimum atomic E-state index is -1.70. The summed E-state index contributed by atoms with van der Waals surface area (Å²) in [5.74, 6) is -0.0825. The van der Waals surface area contributed by atoms with Gasteiger partial charge in [0, 0.05) is 6.42 Å². The van der Waals surface area contributed by atoms with Gasteiger partial charge in [0.15, 0.2) is 0 Å². The first-order valence-electron chi connectivity index (χ1n) is 14.5. The van der Waals surface area contributed by atoms with Crippen molar-refractivity contribution in [2.75, 3.05) is 6.16 Å². The van der Waals surface area contributed by atoms with Gasteiger partial charge >= 0.3 is 5.97 Å². The lowest BCUT2D eigenvalue weighted by Crippen LogP contribution is -2.33. The zero-order chi connectivity index (χ0) is 27.0. The maximum Gasteiger partial charge on any atom is 0.306 e. The lowest BCUT2D eigenvalue weighted by Gasteiger charge is -2.27. The fourth-order valence-corrected chi connectivity index (χ4v) is 9.78. The van der Waals surface area contributed by atoms with Gasteiger partial charge in [0.05, 0.1) is 6.16 Å². The van der Waals surface area contributed by atoms with Gasteiger partial charge in [0.2, 0.25) is 0 Å². The van der Waals surface area contributed by atoms with E-state index in [9.17, 15) is 4.79 Å². The van der Waals surface area contributed by atoms with Crippen molar-refractivity contribution >= 4 is 29.1 Å². The maximum absolute atomic E-state index is 12.0. The van der Waals surface area contributed by atoms with Gasteiger partial charge in [-0.1, -0.05) is 117 Å². The maximum atomic E-state index is 12.0. The van der Waals surface area contributed by atoms with E-state index in [1.54, 1.807) is 0 Å². The van der Waals surface area contributed by atoms with E-state index in [1.165, 1.54) is 60.6 Å². The minimum Gasteiger partial charge on any atom is -0.461 e. The molecule has 4 aromatic carbocycles. The highest BCUT2D eigenvalue weighted by molar-refractivity contribution is 7.95. The first-order valence-corrected chi connectivity index (χ1v) is 16.5. The van der Waals surface area contributed by atoms with Crippen molar-refractivity contribution in [3.05, 3.63) is 127 Å². The highest BCUT2D eigenvalue weighted by Crippen LogP contribution is 2.56. The van der Waals surface area contributed by atoms with Gasteiger partial charge in [-0.25, -0.2) is 0 Å². The standard InChI is InChI=1S/C36H42O2P/c37-36(38-31-32-21-11-7-12-22-32)29-19-5-3-1-2-4-6-20-30-39(33-23-13-8-14-24-33,34-25-15-9-16-26-34)35-27-17-10-18-28-35/h7-18,21-28H,1-6,19-20,29-31H2/q+1. The van der Waals surface area contributed by atoms with Crippen molar-refractivity contribution < 1.29 is 9.53 Å². The van der Waals surface area contributed by atoms with Crippen LogP contribution >= 0.6 is 7.26 Å². The van der Waals surface area contributed by atoms with Gasteiger partial charge in [-0.2, -0.15) is 0 Å². The van der Waals surface area contributed by atoms with E-state index in [2.05, 4.69) is 91.0 Å². The lowest BCUT2D eigenvalue weighted by atomic mass is 10.1. The molecule has 4 aromatic rings. The number of ether oxygens (including phenoxy) is 1. The number of esters is 1. The number of carbonyl (C=O) groups excluding carboxylic acids is 1. The molecular weight excluding hydrogens is 495 g/mol. The summed E-state index contributed by atoms with van der Waals surface area (Å²) in [4.78, 5) is 12.0. The second kappa shape index (κ2) is 16.0. The van der Waals surface area contributed by atoms with Gasteiger partial charge in [-0.3, -0.25) is 4.79 Å². The van der Waals surface area contributed by atoms with Crippen LogP contribution in [0.2, 0.25) is 0 Å². The Hall–Kier alpha value is -3.22. The Labute approximate surface area is 235 Å². The minimum absolute atomic E-state index is 0.0825. The van der Waals surface area contributed by atoms with Gasteiger partial charge < -0.3 is 4.74 Å². The molecule has 3 heteroatoms. The van der Waals surface area contributed by atoms with Crippen molar-refractivity contribution in [3.8, 4) is 0 Å². The van der Waals surface area contributed by atoms with Crippen molar-refractivity contribution in [3.63, 3.8) is 0 Å².